The fourth-order valence-corrected chi connectivity index (χ4v) is 5.04. The van der Waals surface area contributed by atoms with Crippen LogP contribution in [-0.4, -0.2) is 44.1 Å². The van der Waals surface area contributed by atoms with Gasteiger partial charge >= 0.3 is 5.97 Å². The zero-order chi connectivity index (χ0) is 23.5. The molecule has 1 N–H and O–H groups in total. The van der Waals surface area contributed by atoms with Crippen LogP contribution in [0.5, 0.6) is 11.5 Å². The number of benzene rings is 2. The molecule has 1 saturated carbocycles. The molecule has 2 aliphatic heterocycles. The van der Waals surface area contributed by atoms with E-state index < -0.39 is 11.3 Å². The van der Waals surface area contributed by atoms with E-state index >= 15 is 0 Å². The highest BCUT2D eigenvalue weighted by atomic mass is 16.6. The first-order valence-electron chi connectivity index (χ1n) is 11.8. The van der Waals surface area contributed by atoms with Gasteiger partial charge in [-0.2, -0.15) is 0 Å². The van der Waals surface area contributed by atoms with Crippen molar-refractivity contribution in [1.82, 2.24) is 0 Å². The second kappa shape index (κ2) is 9.37. The quantitative estimate of drug-likeness (QED) is 0.657. The maximum atomic E-state index is 13.2. The highest BCUT2D eigenvalue weighted by Gasteiger charge is 2.45. The predicted molar refractivity (Wildman–Crippen MR) is 125 cm³/mol. The molecular formula is C26H28N2O6. The van der Waals surface area contributed by atoms with Gasteiger partial charge in [-0.25, -0.2) is 0 Å². The molecule has 1 saturated heterocycles. The van der Waals surface area contributed by atoms with Crippen LogP contribution in [-0.2, 0) is 24.5 Å². The number of rotatable bonds is 6. The van der Waals surface area contributed by atoms with Crippen molar-refractivity contribution in [1.29, 1.82) is 0 Å². The van der Waals surface area contributed by atoms with Crippen LogP contribution in [0.1, 0.15) is 44.1 Å². The topological polar surface area (TPSA) is 94.2 Å². The number of amides is 2. The molecule has 2 amide bonds. The van der Waals surface area contributed by atoms with E-state index in [-0.39, 0.29) is 18.5 Å². The van der Waals surface area contributed by atoms with E-state index in [4.69, 9.17) is 14.2 Å². The molecule has 8 nitrogen and oxygen atoms in total. The largest absolute Gasteiger partial charge is 0.486 e. The molecule has 0 unspecified atom stereocenters. The van der Waals surface area contributed by atoms with Gasteiger partial charge in [-0.1, -0.05) is 18.9 Å². The van der Waals surface area contributed by atoms with Crippen LogP contribution in [0.25, 0.3) is 0 Å². The summed E-state index contributed by atoms with van der Waals surface area (Å²) in [6, 6.07) is 12.7. The lowest BCUT2D eigenvalue weighted by molar-refractivity contribution is -0.153. The van der Waals surface area contributed by atoms with Crippen LogP contribution in [0.3, 0.4) is 0 Å². The van der Waals surface area contributed by atoms with E-state index in [0.29, 0.717) is 56.2 Å². The number of fused-ring (bicyclic) bond motifs is 1. The predicted octanol–water partition coefficient (Wildman–Crippen LogP) is 3.58. The molecule has 2 aromatic carbocycles. The Kier molecular flexibility index (Phi) is 6.13. The first-order valence-corrected chi connectivity index (χ1v) is 11.8. The Morgan fingerprint density at radius 1 is 0.971 bits per heavy atom. The van der Waals surface area contributed by atoms with E-state index in [1.165, 1.54) is 0 Å². The van der Waals surface area contributed by atoms with Crippen LogP contribution in [0.4, 0.5) is 11.4 Å². The Morgan fingerprint density at radius 3 is 2.41 bits per heavy atom. The average molecular weight is 465 g/mol. The number of carbonyl (C=O) groups is 3. The molecule has 2 fully saturated rings. The summed E-state index contributed by atoms with van der Waals surface area (Å²) in [4.78, 5) is 39.3. The second-order valence-corrected chi connectivity index (χ2v) is 8.97. The van der Waals surface area contributed by atoms with E-state index in [2.05, 4.69) is 5.32 Å². The summed E-state index contributed by atoms with van der Waals surface area (Å²) >= 11 is 0. The number of anilines is 2. The zero-order valence-electron chi connectivity index (χ0n) is 19.0. The summed E-state index contributed by atoms with van der Waals surface area (Å²) in [5, 5.41) is 2.75. The molecule has 0 bridgehead atoms. The van der Waals surface area contributed by atoms with Crippen molar-refractivity contribution in [2.75, 3.05) is 36.6 Å². The van der Waals surface area contributed by atoms with Crippen molar-refractivity contribution in [2.45, 2.75) is 43.9 Å². The monoisotopic (exact) mass is 464 g/mol. The Bertz CT molecular complexity index is 1090. The van der Waals surface area contributed by atoms with Crippen molar-refractivity contribution < 1.29 is 28.6 Å². The molecule has 2 aromatic rings. The first-order chi connectivity index (χ1) is 16.5. The Labute approximate surface area is 198 Å². The molecule has 0 aromatic heterocycles. The number of nitrogens with zero attached hydrogens (tertiary/aromatic N) is 1. The van der Waals surface area contributed by atoms with Gasteiger partial charge in [0.1, 0.15) is 13.2 Å². The third-order valence-corrected chi connectivity index (χ3v) is 6.81. The lowest BCUT2D eigenvalue weighted by Gasteiger charge is -2.28. The number of hydrogen-bond donors (Lipinski definition) is 1. The molecule has 2 heterocycles. The Hall–Kier alpha value is -3.55. The van der Waals surface area contributed by atoms with Gasteiger partial charge < -0.3 is 24.4 Å². The van der Waals surface area contributed by atoms with E-state index in [1.54, 1.807) is 29.2 Å². The summed E-state index contributed by atoms with van der Waals surface area (Å²) in [5.74, 6) is 0.631. The van der Waals surface area contributed by atoms with Gasteiger partial charge in [-0.15, -0.1) is 0 Å². The highest BCUT2D eigenvalue weighted by Crippen LogP contribution is 2.45. The first kappa shape index (κ1) is 22.3. The number of nitrogens with one attached hydrogen (secondary N) is 1. The minimum atomic E-state index is -0.778. The molecule has 0 spiro atoms. The van der Waals surface area contributed by atoms with Crippen molar-refractivity contribution in [3.05, 3.63) is 48.0 Å². The standard InChI is InChI=1S/C26H28N2O6/c29-23(27-19-6-8-20(9-7-19)28-13-3-4-24(28)30)17-34-25(31)26(11-1-2-12-26)18-5-10-21-22(16-18)33-15-14-32-21/h5-10,16H,1-4,11-15,17H2,(H,27,29). The van der Waals surface area contributed by atoms with E-state index in [0.717, 1.165) is 30.5 Å². The normalized spacial score (nSPS) is 18.6. The van der Waals surface area contributed by atoms with Crippen molar-refractivity contribution >= 4 is 29.2 Å². The number of carbonyl (C=O) groups excluding carboxylic acids is 3. The minimum absolute atomic E-state index is 0.113. The summed E-state index contributed by atoms with van der Waals surface area (Å²) in [6.07, 6.45) is 4.60. The zero-order valence-corrected chi connectivity index (χ0v) is 19.0. The number of ether oxygens (including phenoxy) is 3. The molecule has 0 atom stereocenters. The third kappa shape index (κ3) is 4.32. The molecule has 178 valence electrons. The van der Waals surface area contributed by atoms with Gasteiger partial charge in [-0.3, -0.25) is 14.4 Å². The summed E-state index contributed by atoms with van der Waals surface area (Å²) in [6.45, 7) is 1.33. The van der Waals surface area contributed by atoms with Crippen molar-refractivity contribution in [3.63, 3.8) is 0 Å². The van der Waals surface area contributed by atoms with Crippen LogP contribution in [0.15, 0.2) is 42.5 Å². The van der Waals surface area contributed by atoms with Crippen molar-refractivity contribution in [2.24, 2.45) is 0 Å². The number of esters is 1. The van der Waals surface area contributed by atoms with Crippen LogP contribution >= 0.6 is 0 Å². The summed E-state index contributed by atoms with van der Waals surface area (Å²) < 4.78 is 16.8. The molecule has 3 aliphatic rings. The maximum Gasteiger partial charge on any atom is 0.317 e. The van der Waals surface area contributed by atoms with Gasteiger partial charge in [0.2, 0.25) is 5.91 Å². The summed E-state index contributed by atoms with van der Waals surface area (Å²) in [7, 11) is 0. The average Bonchev–Trinajstić information content (AvgIpc) is 3.53. The Morgan fingerprint density at radius 2 is 1.71 bits per heavy atom. The van der Waals surface area contributed by atoms with Crippen LogP contribution < -0.4 is 19.7 Å². The SMILES string of the molecule is O=C(COC(=O)C1(c2ccc3c(c2)OCCO3)CCCC1)Nc1ccc(N2CCCC2=O)cc1. The minimum Gasteiger partial charge on any atom is -0.486 e. The van der Waals surface area contributed by atoms with E-state index in [1.807, 2.05) is 18.2 Å². The molecular weight excluding hydrogens is 436 g/mol. The molecule has 8 heteroatoms. The second-order valence-electron chi connectivity index (χ2n) is 8.97. The molecule has 1 aliphatic carbocycles. The molecule has 34 heavy (non-hydrogen) atoms. The van der Waals surface area contributed by atoms with Gasteiger partial charge in [0.15, 0.2) is 18.1 Å². The maximum absolute atomic E-state index is 13.2. The molecule has 0 radical (unpaired) electrons. The fraction of sp³-hybridized carbons (Fsp3) is 0.423. The van der Waals surface area contributed by atoms with Gasteiger partial charge in [0, 0.05) is 24.3 Å². The summed E-state index contributed by atoms with van der Waals surface area (Å²) in [5.41, 5.74) is 1.46. The number of hydrogen-bond acceptors (Lipinski definition) is 6. The van der Waals surface area contributed by atoms with Crippen molar-refractivity contribution in [3.8, 4) is 11.5 Å². The lowest BCUT2D eigenvalue weighted by Crippen LogP contribution is -2.36. The van der Waals surface area contributed by atoms with E-state index in [9.17, 15) is 14.4 Å². The van der Waals surface area contributed by atoms with Crippen LogP contribution in [0, 0.1) is 0 Å². The smallest absolute Gasteiger partial charge is 0.317 e. The van der Waals surface area contributed by atoms with Gasteiger partial charge in [-0.05, 0) is 61.2 Å². The third-order valence-electron chi connectivity index (χ3n) is 6.81. The van der Waals surface area contributed by atoms with Gasteiger partial charge in [0.05, 0.1) is 5.41 Å². The van der Waals surface area contributed by atoms with Crippen LogP contribution in [0.2, 0.25) is 0 Å². The lowest BCUT2D eigenvalue weighted by atomic mass is 9.78. The fourth-order valence-electron chi connectivity index (χ4n) is 5.04. The molecule has 5 rings (SSSR count). The van der Waals surface area contributed by atoms with Gasteiger partial charge in [0.25, 0.3) is 5.91 Å². The Balaban J connectivity index is 1.21. The highest BCUT2D eigenvalue weighted by molar-refractivity contribution is 5.96.